The number of aryl methyl sites for hydroxylation is 1. The van der Waals surface area contributed by atoms with Gasteiger partial charge in [-0.15, -0.1) is 0 Å². The summed E-state index contributed by atoms with van der Waals surface area (Å²) in [5, 5.41) is 6.97. The SMILES string of the molecule is Cc1cc(Cl)ccc1NC(=O)NCCc1ccccc1Cl. The van der Waals surface area contributed by atoms with Gasteiger partial charge in [-0.2, -0.15) is 0 Å². The smallest absolute Gasteiger partial charge is 0.319 e. The van der Waals surface area contributed by atoms with Gasteiger partial charge in [-0.1, -0.05) is 41.4 Å². The highest BCUT2D eigenvalue weighted by atomic mass is 35.5. The first-order valence-electron chi connectivity index (χ1n) is 6.60. The summed E-state index contributed by atoms with van der Waals surface area (Å²) < 4.78 is 0. The summed E-state index contributed by atoms with van der Waals surface area (Å²) in [5.41, 5.74) is 2.68. The van der Waals surface area contributed by atoms with E-state index in [2.05, 4.69) is 10.6 Å². The number of carbonyl (C=O) groups is 1. The van der Waals surface area contributed by atoms with Gasteiger partial charge in [0.05, 0.1) is 0 Å². The monoisotopic (exact) mass is 322 g/mol. The van der Waals surface area contributed by atoms with E-state index >= 15 is 0 Å². The molecular formula is C16H16Cl2N2O. The lowest BCUT2D eigenvalue weighted by molar-refractivity contribution is 0.252. The van der Waals surface area contributed by atoms with Crippen LogP contribution in [0.25, 0.3) is 0 Å². The molecule has 110 valence electrons. The summed E-state index contributed by atoms with van der Waals surface area (Å²) >= 11 is 11.9. The van der Waals surface area contributed by atoms with Gasteiger partial charge in [0, 0.05) is 22.3 Å². The Morgan fingerprint density at radius 2 is 1.90 bits per heavy atom. The zero-order chi connectivity index (χ0) is 15.2. The van der Waals surface area contributed by atoms with E-state index < -0.39 is 0 Å². The zero-order valence-electron chi connectivity index (χ0n) is 11.6. The number of rotatable bonds is 4. The maximum atomic E-state index is 11.8. The van der Waals surface area contributed by atoms with Gasteiger partial charge in [-0.3, -0.25) is 0 Å². The van der Waals surface area contributed by atoms with Gasteiger partial charge in [0.15, 0.2) is 0 Å². The topological polar surface area (TPSA) is 41.1 Å². The highest BCUT2D eigenvalue weighted by molar-refractivity contribution is 6.31. The van der Waals surface area contributed by atoms with E-state index in [9.17, 15) is 4.79 Å². The second kappa shape index (κ2) is 7.34. The molecule has 0 bridgehead atoms. The van der Waals surface area contributed by atoms with Gasteiger partial charge in [0.2, 0.25) is 0 Å². The van der Waals surface area contributed by atoms with Gasteiger partial charge in [0.25, 0.3) is 0 Å². The lowest BCUT2D eigenvalue weighted by atomic mass is 10.1. The molecule has 0 aromatic heterocycles. The number of carbonyl (C=O) groups excluding carboxylic acids is 1. The predicted octanol–water partition coefficient (Wildman–Crippen LogP) is 4.67. The van der Waals surface area contributed by atoms with Crippen LogP contribution in [0.5, 0.6) is 0 Å². The van der Waals surface area contributed by atoms with Crippen LogP contribution in [0.1, 0.15) is 11.1 Å². The fraction of sp³-hybridized carbons (Fsp3) is 0.188. The largest absolute Gasteiger partial charge is 0.338 e. The number of nitrogens with one attached hydrogen (secondary N) is 2. The van der Waals surface area contributed by atoms with E-state index in [-0.39, 0.29) is 6.03 Å². The average Bonchev–Trinajstić information content (AvgIpc) is 2.44. The molecule has 21 heavy (non-hydrogen) atoms. The van der Waals surface area contributed by atoms with Crippen LogP contribution < -0.4 is 10.6 Å². The number of urea groups is 1. The summed E-state index contributed by atoms with van der Waals surface area (Å²) in [6.07, 6.45) is 0.687. The molecule has 2 N–H and O–H groups in total. The summed E-state index contributed by atoms with van der Waals surface area (Å²) in [4.78, 5) is 11.8. The van der Waals surface area contributed by atoms with Gasteiger partial charge < -0.3 is 10.6 Å². The molecule has 5 heteroatoms. The fourth-order valence-corrected chi connectivity index (χ4v) is 2.40. The molecule has 0 atom stereocenters. The molecule has 0 spiro atoms. The van der Waals surface area contributed by atoms with Crippen LogP contribution in [-0.2, 0) is 6.42 Å². The molecule has 0 heterocycles. The third-order valence-electron chi connectivity index (χ3n) is 3.07. The quantitative estimate of drug-likeness (QED) is 0.844. The van der Waals surface area contributed by atoms with Crippen LogP contribution in [0.2, 0.25) is 10.0 Å². The van der Waals surface area contributed by atoms with Gasteiger partial charge in [-0.25, -0.2) is 4.79 Å². The first kappa shape index (κ1) is 15.7. The number of amides is 2. The average molecular weight is 323 g/mol. The van der Waals surface area contributed by atoms with Gasteiger partial charge in [-0.05, 0) is 48.7 Å². The van der Waals surface area contributed by atoms with Crippen LogP contribution in [0, 0.1) is 6.92 Å². The lowest BCUT2D eigenvalue weighted by Crippen LogP contribution is -2.30. The van der Waals surface area contributed by atoms with Gasteiger partial charge in [0.1, 0.15) is 0 Å². The Morgan fingerprint density at radius 3 is 2.62 bits per heavy atom. The van der Waals surface area contributed by atoms with Crippen LogP contribution in [0.4, 0.5) is 10.5 Å². The third-order valence-corrected chi connectivity index (χ3v) is 3.68. The molecule has 3 nitrogen and oxygen atoms in total. The van der Waals surface area contributed by atoms with Crippen LogP contribution in [-0.4, -0.2) is 12.6 Å². The van der Waals surface area contributed by atoms with Crippen LogP contribution in [0.15, 0.2) is 42.5 Å². The number of benzene rings is 2. The Hall–Kier alpha value is -1.71. The number of anilines is 1. The molecule has 2 amide bonds. The standard InChI is InChI=1S/C16H16Cl2N2O/c1-11-10-13(17)6-7-15(11)20-16(21)19-9-8-12-4-2-3-5-14(12)18/h2-7,10H,8-9H2,1H3,(H2,19,20,21). The van der Waals surface area contributed by atoms with Crippen molar-refractivity contribution in [3.63, 3.8) is 0 Å². The Labute approximate surface area is 134 Å². The van der Waals surface area contributed by atoms with Crippen molar-refractivity contribution in [2.45, 2.75) is 13.3 Å². The highest BCUT2D eigenvalue weighted by Gasteiger charge is 2.05. The Kier molecular flexibility index (Phi) is 5.48. The van der Waals surface area contributed by atoms with Gasteiger partial charge >= 0.3 is 6.03 Å². The molecule has 0 aliphatic heterocycles. The highest BCUT2D eigenvalue weighted by Crippen LogP contribution is 2.19. The van der Waals surface area contributed by atoms with Crippen molar-refractivity contribution in [3.8, 4) is 0 Å². The maximum absolute atomic E-state index is 11.8. The third kappa shape index (κ3) is 4.66. The molecule has 0 aliphatic rings. The van der Waals surface area contributed by atoms with Crippen LogP contribution >= 0.6 is 23.2 Å². The zero-order valence-corrected chi connectivity index (χ0v) is 13.1. The van der Waals surface area contributed by atoms with E-state index in [0.29, 0.717) is 23.0 Å². The van der Waals surface area contributed by atoms with Crippen molar-refractivity contribution < 1.29 is 4.79 Å². The molecule has 2 aromatic carbocycles. The van der Waals surface area contributed by atoms with E-state index in [0.717, 1.165) is 16.8 Å². The summed E-state index contributed by atoms with van der Waals surface area (Å²) in [6, 6.07) is 12.7. The number of hydrogen-bond acceptors (Lipinski definition) is 1. The minimum absolute atomic E-state index is 0.243. The Balaban J connectivity index is 1.84. The summed E-state index contributed by atoms with van der Waals surface area (Å²) in [5.74, 6) is 0. The minimum Gasteiger partial charge on any atom is -0.338 e. The van der Waals surface area contributed by atoms with Crippen LogP contribution in [0.3, 0.4) is 0 Å². The Bertz CT molecular complexity index is 644. The van der Waals surface area contributed by atoms with Crippen molar-refractivity contribution >= 4 is 34.9 Å². The number of hydrogen-bond donors (Lipinski definition) is 2. The molecule has 0 radical (unpaired) electrons. The minimum atomic E-state index is -0.243. The second-order valence-electron chi connectivity index (χ2n) is 4.68. The van der Waals surface area contributed by atoms with Crippen molar-refractivity contribution in [2.75, 3.05) is 11.9 Å². The molecule has 0 aliphatic carbocycles. The molecular weight excluding hydrogens is 307 g/mol. The van der Waals surface area contributed by atoms with E-state index in [1.165, 1.54) is 0 Å². The number of halogens is 2. The van der Waals surface area contributed by atoms with E-state index in [1.54, 1.807) is 18.2 Å². The molecule has 0 fully saturated rings. The molecule has 0 saturated heterocycles. The van der Waals surface area contributed by atoms with Crippen molar-refractivity contribution in [1.82, 2.24) is 5.32 Å². The predicted molar refractivity (Wildman–Crippen MR) is 88.4 cm³/mol. The normalized spacial score (nSPS) is 10.2. The maximum Gasteiger partial charge on any atom is 0.319 e. The van der Waals surface area contributed by atoms with Crippen molar-refractivity contribution in [2.24, 2.45) is 0 Å². The lowest BCUT2D eigenvalue weighted by Gasteiger charge is -2.10. The van der Waals surface area contributed by atoms with E-state index in [1.807, 2.05) is 31.2 Å². The molecule has 0 saturated carbocycles. The van der Waals surface area contributed by atoms with Crippen molar-refractivity contribution in [3.05, 3.63) is 63.6 Å². The Morgan fingerprint density at radius 1 is 1.14 bits per heavy atom. The molecule has 2 aromatic rings. The second-order valence-corrected chi connectivity index (χ2v) is 5.53. The first-order chi connectivity index (χ1) is 10.1. The summed E-state index contributed by atoms with van der Waals surface area (Å²) in [6.45, 7) is 2.41. The fourth-order valence-electron chi connectivity index (χ4n) is 1.95. The molecule has 0 unspecified atom stereocenters. The van der Waals surface area contributed by atoms with E-state index in [4.69, 9.17) is 23.2 Å². The first-order valence-corrected chi connectivity index (χ1v) is 7.36. The van der Waals surface area contributed by atoms with Crippen molar-refractivity contribution in [1.29, 1.82) is 0 Å². The summed E-state index contributed by atoms with van der Waals surface area (Å²) in [7, 11) is 0. The molecule has 2 rings (SSSR count).